The van der Waals surface area contributed by atoms with Gasteiger partial charge in [0.25, 0.3) is 0 Å². The van der Waals surface area contributed by atoms with Gasteiger partial charge in [-0.05, 0) is 31.2 Å². The van der Waals surface area contributed by atoms with Crippen molar-refractivity contribution < 1.29 is 0 Å². The van der Waals surface area contributed by atoms with E-state index in [1.807, 2.05) is 11.3 Å². The zero-order chi connectivity index (χ0) is 12.4. The van der Waals surface area contributed by atoms with Crippen LogP contribution in [-0.2, 0) is 19.4 Å². The molecule has 1 N–H and O–H groups in total. The molecule has 0 fully saturated rings. The van der Waals surface area contributed by atoms with Gasteiger partial charge < -0.3 is 9.88 Å². The van der Waals surface area contributed by atoms with Crippen molar-refractivity contribution in [1.82, 2.24) is 20.1 Å². The van der Waals surface area contributed by atoms with Crippen LogP contribution in [0.3, 0.4) is 0 Å². The molecule has 0 amide bonds. The van der Waals surface area contributed by atoms with Gasteiger partial charge in [-0.25, -0.2) is 0 Å². The van der Waals surface area contributed by atoms with Gasteiger partial charge in [0.05, 0.1) is 6.04 Å². The quantitative estimate of drug-likeness (QED) is 0.918. The summed E-state index contributed by atoms with van der Waals surface area (Å²) in [6.07, 6.45) is 3.33. The number of hydrogen-bond donors (Lipinski definition) is 1. The lowest BCUT2D eigenvalue weighted by Gasteiger charge is -2.21. The van der Waals surface area contributed by atoms with E-state index in [-0.39, 0.29) is 0 Å². The van der Waals surface area contributed by atoms with Crippen molar-refractivity contribution in [1.29, 1.82) is 0 Å². The maximum atomic E-state index is 4.34. The van der Waals surface area contributed by atoms with E-state index in [1.54, 1.807) is 0 Å². The first-order valence-corrected chi connectivity index (χ1v) is 7.40. The molecule has 0 saturated carbocycles. The zero-order valence-corrected chi connectivity index (χ0v) is 11.4. The summed E-state index contributed by atoms with van der Waals surface area (Å²) in [6.45, 7) is 4.17. The summed E-state index contributed by atoms with van der Waals surface area (Å²) in [5.41, 5.74) is 0. The van der Waals surface area contributed by atoms with Gasteiger partial charge in [0.15, 0.2) is 0 Å². The van der Waals surface area contributed by atoms with Gasteiger partial charge in [-0.15, -0.1) is 21.5 Å². The fourth-order valence-electron chi connectivity index (χ4n) is 2.46. The second-order valence-electron chi connectivity index (χ2n) is 4.73. The third-order valence-corrected chi connectivity index (χ3v) is 4.37. The van der Waals surface area contributed by atoms with Gasteiger partial charge in [-0.3, -0.25) is 0 Å². The number of fused-ring (bicyclic) bond motifs is 1. The molecule has 0 aliphatic carbocycles. The topological polar surface area (TPSA) is 42.7 Å². The van der Waals surface area contributed by atoms with Crippen LogP contribution in [0.25, 0.3) is 0 Å². The second kappa shape index (κ2) is 5.20. The zero-order valence-electron chi connectivity index (χ0n) is 10.6. The van der Waals surface area contributed by atoms with Gasteiger partial charge in [0.1, 0.15) is 11.6 Å². The number of nitrogens with zero attached hydrogens (tertiary/aromatic N) is 3. The molecule has 2 aromatic heterocycles. The van der Waals surface area contributed by atoms with Crippen LogP contribution in [-0.4, -0.2) is 21.3 Å². The monoisotopic (exact) mass is 262 g/mol. The van der Waals surface area contributed by atoms with E-state index in [1.165, 1.54) is 4.88 Å². The Morgan fingerprint density at radius 1 is 1.44 bits per heavy atom. The van der Waals surface area contributed by atoms with Crippen LogP contribution >= 0.6 is 11.3 Å². The lowest BCUT2D eigenvalue weighted by molar-refractivity contribution is 0.428. The summed E-state index contributed by atoms with van der Waals surface area (Å²) in [5, 5.41) is 14.2. The van der Waals surface area contributed by atoms with E-state index in [9.17, 15) is 0 Å². The summed E-state index contributed by atoms with van der Waals surface area (Å²) < 4.78 is 2.29. The largest absolute Gasteiger partial charge is 0.312 e. The normalized spacial score (nSPS) is 18.8. The van der Waals surface area contributed by atoms with Crippen molar-refractivity contribution in [3.63, 3.8) is 0 Å². The first-order chi connectivity index (χ1) is 8.84. The van der Waals surface area contributed by atoms with Crippen LogP contribution in [0.1, 0.15) is 35.9 Å². The smallest absolute Gasteiger partial charge is 0.149 e. The van der Waals surface area contributed by atoms with Crippen molar-refractivity contribution in [3.8, 4) is 0 Å². The van der Waals surface area contributed by atoms with Crippen LogP contribution in [0.15, 0.2) is 17.5 Å². The Labute approximate surface area is 111 Å². The minimum Gasteiger partial charge on any atom is -0.312 e. The van der Waals surface area contributed by atoms with Crippen molar-refractivity contribution in [3.05, 3.63) is 34.0 Å². The number of aromatic nitrogens is 3. The average Bonchev–Trinajstić information content (AvgIpc) is 3.00. The Morgan fingerprint density at radius 3 is 3.22 bits per heavy atom. The predicted molar refractivity (Wildman–Crippen MR) is 72.8 cm³/mol. The SMILES string of the molecule is CC1NCCn2c(CCCc3cccs3)nnc21. The Hall–Kier alpha value is -1.20. The maximum absolute atomic E-state index is 4.34. The molecule has 5 heteroatoms. The molecule has 1 unspecified atom stereocenters. The standard InChI is InChI=1S/C13H18N4S/c1-10-13-16-15-12(17(13)8-7-14-10)6-2-4-11-5-3-9-18-11/h3,5,9-10,14H,2,4,6-8H2,1H3. The lowest BCUT2D eigenvalue weighted by Crippen LogP contribution is -2.32. The van der Waals surface area contributed by atoms with E-state index in [2.05, 4.69) is 44.5 Å². The van der Waals surface area contributed by atoms with Gasteiger partial charge in [-0.1, -0.05) is 6.07 Å². The van der Waals surface area contributed by atoms with Crippen LogP contribution in [0.4, 0.5) is 0 Å². The first-order valence-electron chi connectivity index (χ1n) is 6.52. The Balaban J connectivity index is 1.63. The molecule has 2 aromatic rings. The van der Waals surface area contributed by atoms with Crippen molar-refractivity contribution in [2.45, 2.75) is 38.8 Å². The van der Waals surface area contributed by atoms with Crippen molar-refractivity contribution in [2.75, 3.05) is 6.54 Å². The van der Waals surface area contributed by atoms with Gasteiger partial charge in [0, 0.05) is 24.4 Å². The molecular formula is C13H18N4S. The summed E-state index contributed by atoms with van der Waals surface area (Å²) in [7, 11) is 0. The summed E-state index contributed by atoms with van der Waals surface area (Å²) in [6, 6.07) is 4.65. The molecule has 0 saturated heterocycles. The highest BCUT2D eigenvalue weighted by Gasteiger charge is 2.20. The van der Waals surface area contributed by atoms with E-state index >= 15 is 0 Å². The Morgan fingerprint density at radius 2 is 2.39 bits per heavy atom. The van der Waals surface area contributed by atoms with E-state index < -0.39 is 0 Å². The number of rotatable bonds is 4. The highest BCUT2D eigenvalue weighted by molar-refractivity contribution is 7.09. The Bertz CT molecular complexity index is 503. The second-order valence-corrected chi connectivity index (χ2v) is 5.77. The average molecular weight is 262 g/mol. The summed E-state index contributed by atoms with van der Waals surface area (Å²) in [4.78, 5) is 1.46. The van der Waals surface area contributed by atoms with Gasteiger partial charge >= 0.3 is 0 Å². The molecule has 0 bridgehead atoms. The molecular weight excluding hydrogens is 244 g/mol. The molecule has 0 spiro atoms. The third kappa shape index (κ3) is 2.33. The van der Waals surface area contributed by atoms with Crippen molar-refractivity contribution >= 4 is 11.3 Å². The van der Waals surface area contributed by atoms with Crippen LogP contribution in [0.2, 0.25) is 0 Å². The Kier molecular flexibility index (Phi) is 3.43. The van der Waals surface area contributed by atoms with Gasteiger partial charge in [0.2, 0.25) is 0 Å². The molecule has 96 valence electrons. The summed E-state index contributed by atoms with van der Waals surface area (Å²) >= 11 is 1.84. The lowest BCUT2D eigenvalue weighted by atomic mass is 10.2. The predicted octanol–water partition coefficient (Wildman–Crippen LogP) is 2.18. The van der Waals surface area contributed by atoms with Crippen LogP contribution in [0.5, 0.6) is 0 Å². The number of nitrogens with one attached hydrogen (secondary N) is 1. The van der Waals surface area contributed by atoms with E-state index in [4.69, 9.17) is 0 Å². The molecule has 3 rings (SSSR count). The van der Waals surface area contributed by atoms with Crippen LogP contribution < -0.4 is 5.32 Å². The highest BCUT2D eigenvalue weighted by atomic mass is 32.1. The number of hydrogen-bond acceptors (Lipinski definition) is 4. The van der Waals surface area contributed by atoms with Gasteiger partial charge in [-0.2, -0.15) is 0 Å². The number of thiophene rings is 1. The fourth-order valence-corrected chi connectivity index (χ4v) is 3.21. The highest BCUT2D eigenvalue weighted by Crippen LogP contribution is 2.17. The molecule has 1 atom stereocenters. The maximum Gasteiger partial charge on any atom is 0.149 e. The van der Waals surface area contributed by atoms with Crippen molar-refractivity contribution in [2.24, 2.45) is 0 Å². The molecule has 0 radical (unpaired) electrons. The molecule has 0 aromatic carbocycles. The molecule has 3 heterocycles. The van der Waals surface area contributed by atoms with E-state index in [0.717, 1.165) is 44.0 Å². The molecule has 1 aliphatic heterocycles. The minimum absolute atomic E-state index is 0.331. The van der Waals surface area contributed by atoms with E-state index in [0.29, 0.717) is 6.04 Å². The summed E-state index contributed by atoms with van der Waals surface area (Å²) in [5.74, 6) is 2.24. The molecule has 4 nitrogen and oxygen atoms in total. The number of aryl methyl sites for hydroxylation is 2. The van der Waals surface area contributed by atoms with Crippen LogP contribution in [0, 0.1) is 0 Å². The first kappa shape index (κ1) is 11.9. The third-order valence-electron chi connectivity index (χ3n) is 3.43. The minimum atomic E-state index is 0.331. The molecule has 1 aliphatic rings. The fraction of sp³-hybridized carbons (Fsp3) is 0.538. The molecule has 18 heavy (non-hydrogen) atoms.